The Morgan fingerprint density at radius 2 is 2.05 bits per heavy atom. The van der Waals surface area contributed by atoms with Crippen LogP contribution < -0.4 is 5.32 Å². The highest BCUT2D eigenvalue weighted by Gasteiger charge is 2.15. The second kappa shape index (κ2) is 7.54. The Bertz CT molecular complexity index is 556. The lowest BCUT2D eigenvalue weighted by Gasteiger charge is -2.19. The van der Waals surface area contributed by atoms with Gasteiger partial charge in [-0.05, 0) is 81.0 Å². The van der Waals surface area contributed by atoms with Crippen LogP contribution in [0, 0.1) is 3.57 Å². The summed E-state index contributed by atoms with van der Waals surface area (Å²) in [6, 6.07) is 11.2. The van der Waals surface area contributed by atoms with E-state index in [2.05, 4.69) is 97.0 Å². The predicted molar refractivity (Wildman–Crippen MR) is 99.0 cm³/mol. The topological polar surface area (TPSA) is 12.0 Å². The molecule has 1 heterocycles. The average molecular weight is 515 g/mol. The molecule has 19 heavy (non-hydrogen) atoms. The van der Waals surface area contributed by atoms with Crippen LogP contribution in [0.5, 0.6) is 0 Å². The smallest absolute Gasteiger partial charge is 0.0701 e. The van der Waals surface area contributed by atoms with E-state index in [4.69, 9.17) is 0 Å². The molecule has 1 nitrogen and oxygen atoms in total. The van der Waals surface area contributed by atoms with Crippen molar-refractivity contribution in [1.82, 2.24) is 5.32 Å². The van der Waals surface area contributed by atoms with Crippen molar-refractivity contribution in [2.45, 2.75) is 19.4 Å². The molecule has 0 saturated carbocycles. The summed E-state index contributed by atoms with van der Waals surface area (Å²) in [6.45, 7) is 3.13. The number of likely N-dealkylation sites (N-methyl/N-ethyl adjacent to an activating group) is 1. The highest BCUT2D eigenvalue weighted by Crippen LogP contribution is 2.30. The van der Waals surface area contributed by atoms with Gasteiger partial charge in [-0.15, -0.1) is 11.3 Å². The maximum absolute atomic E-state index is 3.59. The fraction of sp³-hybridized carbons (Fsp3) is 0.286. The Labute approximate surface area is 148 Å². The molecule has 102 valence electrons. The van der Waals surface area contributed by atoms with Gasteiger partial charge in [-0.2, -0.15) is 0 Å². The number of nitrogens with one attached hydrogen (secondary N) is 1. The molecule has 1 N–H and O–H groups in total. The van der Waals surface area contributed by atoms with Gasteiger partial charge in [-0.25, -0.2) is 0 Å². The second-order valence-corrected chi connectivity index (χ2v) is 8.81. The molecular weight excluding hydrogens is 501 g/mol. The van der Waals surface area contributed by atoms with Crippen LogP contribution in [0.2, 0.25) is 0 Å². The molecule has 0 saturated heterocycles. The van der Waals surface area contributed by atoms with Crippen LogP contribution in [-0.2, 0) is 6.42 Å². The quantitative estimate of drug-likeness (QED) is 0.499. The molecule has 0 aliphatic heterocycles. The summed E-state index contributed by atoms with van der Waals surface area (Å²) >= 11 is 11.3. The van der Waals surface area contributed by atoms with Crippen LogP contribution in [0.25, 0.3) is 0 Å². The molecule has 5 heteroatoms. The van der Waals surface area contributed by atoms with E-state index in [-0.39, 0.29) is 0 Å². The van der Waals surface area contributed by atoms with Gasteiger partial charge in [-0.3, -0.25) is 0 Å². The Morgan fingerprint density at radius 3 is 2.68 bits per heavy atom. The summed E-state index contributed by atoms with van der Waals surface area (Å²) in [6.07, 6.45) is 1.02. The third-order valence-corrected chi connectivity index (χ3v) is 5.94. The van der Waals surface area contributed by atoms with E-state index in [1.165, 1.54) is 17.8 Å². The molecule has 1 atom stereocenters. The van der Waals surface area contributed by atoms with Crippen LogP contribution in [-0.4, -0.2) is 6.54 Å². The van der Waals surface area contributed by atoms with E-state index in [0.717, 1.165) is 17.4 Å². The van der Waals surface area contributed by atoms with Crippen LogP contribution in [0.3, 0.4) is 0 Å². The van der Waals surface area contributed by atoms with Gasteiger partial charge in [0.1, 0.15) is 0 Å². The van der Waals surface area contributed by atoms with Crippen molar-refractivity contribution in [3.8, 4) is 0 Å². The third kappa shape index (κ3) is 4.52. The Hall–Kier alpha value is 0.570. The minimum atomic E-state index is 0.361. The van der Waals surface area contributed by atoms with Gasteiger partial charge in [-0.1, -0.05) is 22.9 Å². The molecule has 1 unspecified atom stereocenters. The maximum atomic E-state index is 3.59. The molecular formula is C14H14Br2INS. The molecule has 0 spiro atoms. The van der Waals surface area contributed by atoms with Gasteiger partial charge >= 0.3 is 0 Å². The number of rotatable bonds is 5. The number of benzene rings is 1. The van der Waals surface area contributed by atoms with Crippen molar-refractivity contribution in [2.24, 2.45) is 0 Å². The Kier molecular flexibility index (Phi) is 6.33. The first-order chi connectivity index (χ1) is 9.10. The summed E-state index contributed by atoms with van der Waals surface area (Å²) in [4.78, 5) is 1.40. The standard InChI is InChI=1S/C14H14Br2INS/c1-2-18-13(8-10-4-6-14(16)19-10)11-7-9(15)3-5-12(11)17/h3-7,13,18H,2,8H2,1H3. The van der Waals surface area contributed by atoms with Gasteiger partial charge in [0.05, 0.1) is 3.79 Å². The molecule has 2 aromatic rings. The molecule has 1 aromatic carbocycles. The minimum Gasteiger partial charge on any atom is -0.310 e. The van der Waals surface area contributed by atoms with Gasteiger partial charge in [0.2, 0.25) is 0 Å². The SMILES string of the molecule is CCNC(Cc1ccc(Br)s1)c1cc(Br)ccc1I. The molecule has 0 amide bonds. The Balaban J connectivity index is 2.26. The van der Waals surface area contributed by atoms with Crippen molar-refractivity contribution in [3.63, 3.8) is 0 Å². The van der Waals surface area contributed by atoms with E-state index in [1.807, 2.05) is 11.3 Å². The van der Waals surface area contributed by atoms with E-state index >= 15 is 0 Å². The van der Waals surface area contributed by atoms with Crippen molar-refractivity contribution in [1.29, 1.82) is 0 Å². The van der Waals surface area contributed by atoms with Crippen LogP contribution in [0.1, 0.15) is 23.4 Å². The number of thiophene rings is 1. The first-order valence-electron chi connectivity index (χ1n) is 6.02. The van der Waals surface area contributed by atoms with Gasteiger partial charge in [0.15, 0.2) is 0 Å². The first-order valence-corrected chi connectivity index (χ1v) is 9.50. The second-order valence-electron chi connectivity index (χ2n) is 4.19. The van der Waals surface area contributed by atoms with Crippen molar-refractivity contribution >= 4 is 65.8 Å². The fourth-order valence-corrected chi connectivity index (χ4v) is 4.60. The van der Waals surface area contributed by atoms with E-state index in [9.17, 15) is 0 Å². The molecule has 0 aliphatic carbocycles. The average Bonchev–Trinajstić information content (AvgIpc) is 2.77. The van der Waals surface area contributed by atoms with Crippen LogP contribution >= 0.6 is 65.8 Å². The lowest BCUT2D eigenvalue weighted by atomic mass is 10.0. The van der Waals surface area contributed by atoms with Gasteiger partial charge < -0.3 is 5.32 Å². The van der Waals surface area contributed by atoms with E-state index in [0.29, 0.717) is 6.04 Å². The minimum absolute atomic E-state index is 0.361. The van der Waals surface area contributed by atoms with Gasteiger partial charge in [0.25, 0.3) is 0 Å². The lowest BCUT2D eigenvalue weighted by molar-refractivity contribution is 0.551. The molecule has 1 aromatic heterocycles. The fourth-order valence-electron chi connectivity index (χ4n) is 1.98. The van der Waals surface area contributed by atoms with Crippen molar-refractivity contribution < 1.29 is 0 Å². The zero-order valence-corrected chi connectivity index (χ0v) is 16.6. The predicted octanol–water partition coefficient (Wildman–Crippen LogP) is 5.77. The maximum Gasteiger partial charge on any atom is 0.0701 e. The van der Waals surface area contributed by atoms with E-state index < -0.39 is 0 Å². The zero-order chi connectivity index (χ0) is 13.8. The molecule has 0 radical (unpaired) electrons. The highest BCUT2D eigenvalue weighted by molar-refractivity contribution is 14.1. The summed E-state index contributed by atoms with van der Waals surface area (Å²) in [5, 5.41) is 3.59. The zero-order valence-electron chi connectivity index (χ0n) is 10.4. The van der Waals surface area contributed by atoms with Gasteiger partial charge in [0, 0.05) is 25.4 Å². The monoisotopic (exact) mass is 513 g/mol. The normalized spacial score (nSPS) is 12.6. The summed E-state index contributed by atoms with van der Waals surface area (Å²) in [5.41, 5.74) is 1.36. The van der Waals surface area contributed by atoms with E-state index in [1.54, 1.807) is 0 Å². The molecule has 2 rings (SSSR count). The van der Waals surface area contributed by atoms with Crippen LogP contribution in [0.15, 0.2) is 38.6 Å². The number of hydrogen-bond acceptors (Lipinski definition) is 2. The Morgan fingerprint density at radius 1 is 1.26 bits per heavy atom. The third-order valence-electron chi connectivity index (χ3n) is 2.82. The number of hydrogen-bond donors (Lipinski definition) is 1. The highest BCUT2D eigenvalue weighted by atomic mass is 127. The van der Waals surface area contributed by atoms with Crippen molar-refractivity contribution in [3.05, 3.63) is 52.6 Å². The molecule has 0 fully saturated rings. The summed E-state index contributed by atoms with van der Waals surface area (Å²) < 4.78 is 3.64. The number of halogens is 3. The lowest BCUT2D eigenvalue weighted by Crippen LogP contribution is -2.23. The van der Waals surface area contributed by atoms with Crippen LogP contribution in [0.4, 0.5) is 0 Å². The first kappa shape index (κ1) is 15.9. The molecule has 0 bridgehead atoms. The molecule has 0 aliphatic rings. The largest absolute Gasteiger partial charge is 0.310 e. The summed E-state index contributed by atoms with van der Waals surface area (Å²) in [5.74, 6) is 0. The summed E-state index contributed by atoms with van der Waals surface area (Å²) in [7, 11) is 0. The van der Waals surface area contributed by atoms with Crippen molar-refractivity contribution in [2.75, 3.05) is 6.54 Å².